The summed E-state index contributed by atoms with van der Waals surface area (Å²) in [6, 6.07) is 8.61. The minimum Gasteiger partial charge on any atom is -0.326 e. The van der Waals surface area contributed by atoms with Gasteiger partial charge in [-0.05, 0) is 35.7 Å². The number of thioether (sulfide) groups is 1. The number of amides is 1. The molecule has 0 saturated heterocycles. The fourth-order valence-corrected chi connectivity index (χ4v) is 4.04. The van der Waals surface area contributed by atoms with Crippen LogP contribution < -0.4 is 10.9 Å². The molecule has 0 bridgehead atoms. The molecule has 28 heavy (non-hydrogen) atoms. The van der Waals surface area contributed by atoms with Crippen molar-refractivity contribution >= 4 is 50.7 Å². The first-order chi connectivity index (χ1) is 13.2. The van der Waals surface area contributed by atoms with E-state index in [0.717, 1.165) is 0 Å². The van der Waals surface area contributed by atoms with E-state index in [-0.39, 0.29) is 23.0 Å². The van der Waals surface area contributed by atoms with Gasteiger partial charge in [0, 0.05) is 23.7 Å². The second kappa shape index (κ2) is 7.89. The number of Topliss-reactive ketones (excluding diaryl/α,β-unsaturated/α-hetero) is 1. The minimum absolute atomic E-state index is 0.0710. The number of ketones is 1. The van der Waals surface area contributed by atoms with Gasteiger partial charge in [-0.25, -0.2) is 4.98 Å². The summed E-state index contributed by atoms with van der Waals surface area (Å²) in [4.78, 5) is 41.3. The van der Waals surface area contributed by atoms with Crippen molar-refractivity contribution in [2.75, 3.05) is 11.1 Å². The molecule has 2 aromatic heterocycles. The molecule has 0 radical (unpaired) electrons. The van der Waals surface area contributed by atoms with Gasteiger partial charge in [0.25, 0.3) is 5.56 Å². The maximum Gasteiger partial charge on any atom is 0.271 e. The van der Waals surface area contributed by atoms with Crippen LogP contribution in [-0.2, 0) is 11.8 Å². The maximum atomic E-state index is 12.5. The number of fused-ring (bicyclic) bond motifs is 1. The lowest BCUT2D eigenvalue weighted by molar-refractivity contribution is -0.123. The molecule has 0 spiro atoms. The summed E-state index contributed by atoms with van der Waals surface area (Å²) < 4.78 is 2.09. The summed E-state index contributed by atoms with van der Waals surface area (Å²) >= 11 is 2.60. The number of hydrogen-bond donors (Lipinski definition) is 1. The molecule has 6 nitrogen and oxygen atoms in total. The van der Waals surface area contributed by atoms with Gasteiger partial charge >= 0.3 is 0 Å². The highest BCUT2D eigenvalue weighted by atomic mass is 32.2. The molecule has 0 aliphatic carbocycles. The van der Waals surface area contributed by atoms with Crippen molar-refractivity contribution in [2.24, 2.45) is 12.5 Å². The van der Waals surface area contributed by atoms with Crippen LogP contribution in [0.4, 0.5) is 5.69 Å². The van der Waals surface area contributed by atoms with Crippen LogP contribution in [0.1, 0.15) is 31.1 Å². The third-order valence-corrected chi connectivity index (χ3v) is 6.05. The van der Waals surface area contributed by atoms with Gasteiger partial charge in [-0.2, -0.15) is 0 Å². The van der Waals surface area contributed by atoms with Gasteiger partial charge in [-0.3, -0.25) is 19.0 Å². The number of carbonyl (C=O) groups excluding carboxylic acids is 2. The summed E-state index contributed by atoms with van der Waals surface area (Å²) in [5.41, 5.74) is 1.26. The van der Waals surface area contributed by atoms with Crippen LogP contribution in [0.15, 0.2) is 45.7 Å². The molecule has 0 saturated carbocycles. The topological polar surface area (TPSA) is 81.1 Å². The molecular weight excluding hydrogens is 394 g/mol. The predicted molar refractivity (Wildman–Crippen MR) is 114 cm³/mol. The lowest BCUT2D eigenvalue weighted by Crippen LogP contribution is -2.27. The highest BCUT2D eigenvalue weighted by Gasteiger charge is 2.21. The van der Waals surface area contributed by atoms with E-state index in [0.29, 0.717) is 26.6 Å². The Kier molecular flexibility index (Phi) is 5.71. The Morgan fingerprint density at radius 1 is 1.18 bits per heavy atom. The van der Waals surface area contributed by atoms with Gasteiger partial charge in [0.05, 0.1) is 11.3 Å². The van der Waals surface area contributed by atoms with Crippen LogP contribution in [-0.4, -0.2) is 27.0 Å². The molecule has 0 atom stereocenters. The summed E-state index contributed by atoms with van der Waals surface area (Å²) in [5, 5.41) is 5.18. The maximum absolute atomic E-state index is 12.5. The van der Waals surface area contributed by atoms with Crippen LogP contribution in [0.3, 0.4) is 0 Å². The molecule has 3 rings (SSSR count). The second-order valence-electron chi connectivity index (χ2n) is 7.39. The third kappa shape index (κ3) is 4.34. The van der Waals surface area contributed by atoms with Crippen molar-refractivity contribution < 1.29 is 9.59 Å². The van der Waals surface area contributed by atoms with E-state index in [9.17, 15) is 14.4 Å². The molecular formula is C20H21N3O3S2. The molecule has 3 aromatic rings. The van der Waals surface area contributed by atoms with Crippen LogP contribution >= 0.6 is 23.1 Å². The van der Waals surface area contributed by atoms with Crippen LogP contribution in [0.2, 0.25) is 0 Å². The number of nitrogens with zero attached hydrogens (tertiary/aromatic N) is 2. The molecule has 0 unspecified atom stereocenters. The smallest absolute Gasteiger partial charge is 0.271 e. The summed E-state index contributed by atoms with van der Waals surface area (Å²) in [6.45, 7) is 5.52. The summed E-state index contributed by atoms with van der Waals surface area (Å²) in [6.07, 6.45) is 0. The Morgan fingerprint density at radius 3 is 2.50 bits per heavy atom. The lowest BCUT2D eigenvalue weighted by Gasteiger charge is -2.17. The number of nitrogens with one attached hydrogen (secondary N) is 1. The fraction of sp³-hybridized carbons (Fsp3) is 0.300. The van der Waals surface area contributed by atoms with Crippen molar-refractivity contribution in [1.82, 2.24) is 9.55 Å². The van der Waals surface area contributed by atoms with Crippen molar-refractivity contribution in [3.8, 4) is 0 Å². The quantitative estimate of drug-likeness (QED) is 0.388. The number of benzene rings is 1. The van der Waals surface area contributed by atoms with Gasteiger partial charge in [0.15, 0.2) is 10.9 Å². The van der Waals surface area contributed by atoms with E-state index >= 15 is 0 Å². The van der Waals surface area contributed by atoms with Gasteiger partial charge in [-0.15, -0.1) is 11.3 Å². The number of hydrogen-bond acceptors (Lipinski definition) is 6. The first kappa shape index (κ1) is 20.3. The molecule has 2 heterocycles. The van der Waals surface area contributed by atoms with Crippen molar-refractivity contribution in [3.05, 3.63) is 51.6 Å². The normalized spacial score (nSPS) is 11.6. The van der Waals surface area contributed by atoms with Gasteiger partial charge in [-0.1, -0.05) is 32.5 Å². The van der Waals surface area contributed by atoms with E-state index in [2.05, 4.69) is 10.3 Å². The number of rotatable bonds is 5. The molecule has 8 heteroatoms. The monoisotopic (exact) mass is 415 g/mol. The predicted octanol–water partition coefficient (Wildman–Crippen LogP) is 3.95. The van der Waals surface area contributed by atoms with Crippen LogP contribution in [0, 0.1) is 5.41 Å². The molecule has 1 N–H and O–H groups in total. The zero-order valence-corrected chi connectivity index (χ0v) is 17.7. The Bertz CT molecular complexity index is 1090. The largest absolute Gasteiger partial charge is 0.326 e. The third-order valence-electron chi connectivity index (χ3n) is 4.12. The minimum atomic E-state index is -0.488. The van der Waals surface area contributed by atoms with E-state index in [4.69, 9.17) is 0 Å². The first-order valence-corrected chi connectivity index (χ1v) is 10.5. The zero-order chi connectivity index (χ0) is 20.5. The number of aromatic nitrogens is 2. The second-order valence-corrected chi connectivity index (χ2v) is 9.25. The fourth-order valence-electron chi connectivity index (χ4n) is 2.37. The number of carbonyl (C=O) groups is 2. The molecule has 0 aliphatic rings. The molecule has 1 aromatic carbocycles. The highest BCUT2D eigenvalue weighted by molar-refractivity contribution is 7.99. The number of thiophene rings is 1. The Morgan fingerprint density at radius 2 is 1.86 bits per heavy atom. The molecule has 0 aliphatic heterocycles. The Hall–Kier alpha value is -2.45. The molecule has 1 amide bonds. The van der Waals surface area contributed by atoms with Gasteiger partial charge in [0.1, 0.15) is 4.70 Å². The van der Waals surface area contributed by atoms with E-state index in [1.165, 1.54) is 27.7 Å². The first-order valence-electron chi connectivity index (χ1n) is 8.68. The van der Waals surface area contributed by atoms with E-state index < -0.39 is 5.41 Å². The van der Waals surface area contributed by atoms with Crippen LogP contribution in [0.25, 0.3) is 10.2 Å². The van der Waals surface area contributed by atoms with E-state index in [1.54, 1.807) is 37.4 Å². The highest BCUT2D eigenvalue weighted by Crippen LogP contribution is 2.22. The average molecular weight is 416 g/mol. The van der Waals surface area contributed by atoms with Gasteiger partial charge in [0.2, 0.25) is 5.91 Å². The molecule has 0 fully saturated rings. The average Bonchev–Trinajstić information content (AvgIpc) is 3.11. The summed E-state index contributed by atoms with van der Waals surface area (Å²) in [7, 11) is 1.66. The van der Waals surface area contributed by atoms with Crippen molar-refractivity contribution in [2.45, 2.75) is 25.9 Å². The Balaban J connectivity index is 1.68. The lowest BCUT2D eigenvalue weighted by atomic mass is 9.95. The standard InChI is InChI=1S/C20H21N3O3S2/c1-20(2,3)18(26)21-13-7-5-12(6-8-13)15(24)11-28-19-22-14-9-10-27-16(14)17(25)23(19)4/h5-10H,11H2,1-4H3,(H,21,26). The van der Waals surface area contributed by atoms with Crippen molar-refractivity contribution in [3.63, 3.8) is 0 Å². The Labute approximate surface area is 171 Å². The molecule has 146 valence electrons. The van der Waals surface area contributed by atoms with Crippen molar-refractivity contribution in [1.29, 1.82) is 0 Å². The number of anilines is 1. The SMILES string of the molecule is Cn1c(SCC(=O)c2ccc(NC(=O)C(C)(C)C)cc2)nc2ccsc2c1=O. The summed E-state index contributed by atoms with van der Waals surface area (Å²) in [5.74, 6) is 0.0141. The zero-order valence-electron chi connectivity index (χ0n) is 16.1. The van der Waals surface area contributed by atoms with E-state index in [1.807, 2.05) is 26.2 Å². The van der Waals surface area contributed by atoms with Gasteiger partial charge < -0.3 is 5.32 Å². The van der Waals surface area contributed by atoms with Crippen LogP contribution in [0.5, 0.6) is 0 Å².